The van der Waals surface area contributed by atoms with Crippen LogP contribution >= 0.6 is 0 Å². The first-order valence-corrected chi connectivity index (χ1v) is 10.2. The fourth-order valence-electron chi connectivity index (χ4n) is 3.57. The zero-order valence-electron chi connectivity index (χ0n) is 16.8. The largest absolute Gasteiger partial charge is 0.366 e. The molecule has 1 fully saturated rings. The van der Waals surface area contributed by atoms with Crippen LogP contribution < -0.4 is 10.6 Å². The zero-order valence-corrected chi connectivity index (χ0v) is 16.8. The molecular formula is C24H23N5O. The summed E-state index contributed by atoms with van der Waals surface area (Å²) >= 11 is 0. The average Bonchev–Trinajstić information content (AvgIpc) is 3.48. The van der Waals surface area contributed by atoms with Crippen LogP contribution in [0.2, 0.25) is 0 Å². The van der Waals surface area contributed by atoms with Gasteiger partial charge >= 0.3 is 0 Å². The van der Waals surface area contributed by atoms with E-state index < -0.39 is 0 Å². The second-order valence-corrected chi connectivity index (χ2v) is 7.78. The molecule has 6 heteroatoms. The Morgan fingerprint density at radius 2 is 1.97 bits per heavy atom. The maximum absolute atomic E-state index is 12.8. The lowest BCUT2D eigenvalue weighted by Gasteiger charge is -2.12. The van der Waals surface area contributed by atoms with E-state index in [9.17, 15) is 4.79 Å². The highest BCUT2D eigenvalue weighted by atomic mass is 16.1. The number of aryl methyl sites for hydroxylation is 1. The minimum atomic E-state index is -0.0299. The smallest absolute Gasteiger partial charge is 0.252 e. The molecule has 6 nitrogen and oxygen atoms in total. The number of hydrogen-bond donors (Lipinski definition) is 2. The third-order valence-corrected chi connectivity index (χ3v) is 5.31. The van der Waals surface area contributed by atoms with Crippen molar-refractivity contribution in [1.82, 2.24) is 20.1 Å². The van der Waals surface area contributed by atoms with Crippen LogP contribution in [0.4, 0.5) is 5.82 Å². The summed E-state index contributed by atoms with van der Waals surface area (Å²) < 4.78 is 1.80. The van der Waals surface area contributed by atoms with Gasteiger partial charge in [-0.15, -0.1) is 0 Å². The molecule has 2 aromatic carbocycles. The Kier molecular flexibility index (Phi) is 4.67. The maximum atomic E-state index is 12.8. The van der Waals surface area contributed by atoms with Crippen LogP contribution in [0.15, 0.2) is 67.0 Å². The molecule has 30 heavy (non-hydrogen) atoms. The van der Waals surface area contributed by atoms with E-state index in [2.05, 4.69) is 33.9 Å². The molecule has 2 N–H and O–H groups in total. The highest BCUT2D eigenvalue weighted by Gasteiger charge is 2.25. The molecule has 150 valence electrons. The van der Waals surface area contributed by atoms with Crippen molar-refractivity contribution in [2.24, 2.45) is 7.05 Å². The highest BCUT2D eigenvalue weighted by molar-refractivity contribution is 6.07. The van der Waals surface area contributed by atoms with Crippen molar-refractivity contribution in [3.05, 3.63) is 78.1 Å². The summed E-state index contributed by atoms with van der Waals surface area (Å²) in [5, 5.41) is 11.6. The first-order valence-electron chi connectivity index (χ1n) is 10.2. The van der Waals surface area contributed by atoms with Crippen LogP contribution in [-0.4, -0.2) is 26.7 Å². The van der Waals surface area contributed by atoms with Gasteiger partial charge in [-0.3, -0.25) is 9.48 Å². The standard InChI is InChI=1S/C24H23N5O/c1-29-15-18(14-26-29)17-6-4-5-16(11-17)13-25-23-12-21(24(30)27-19-9-10-19)20-7-2-3-8-22(20)28-23/h2-8,11-12,14-15,19H,9-10,13H2,1H3,(H,25,28)(H,27,30). The second-order valence-electron chi connectivity index (χ2n) is 7.78. The third kappa shape index (κ3) is 3.89. The number of rotatable bonds is 6. The van der Waals surface area contributed by atoms with Crippen LogP contribution in [0.5, 0.6) is 0 Å². The number of anilines is 1. The normalized spacial score (nSPS) is 13.4. The lowest BCUT2D eigenvalue weighted by atomic mass is 10.1. The van der Waals surface area contributed by atoms with Crippen molar-refractivity contribution < 1.29 is 4.79 Å². The van der Waals surface area contributed by atoms with Gasteiger partial charge in [0.05, 0.1) is 17.3 Å². The number of carbonyl (C=O) groups excluding carboxylic acids is 1. The van der Waals surface area contributed by atoms with Gasteiger partial charge in [0.1, 0.15) is 5.82 Å². The van der Waals surface area contributed by atoms with Crippen LogP contribution in [0.3, 0.4) is 0 Å². The molecule has 1 amide bonds. The molecule has 5 rings (SSSR count). The molecule has 4 aromatic rings. The van der Waals surface area contributed by atoms with E-state index in [1.807, 2.05) is 55.8 Å². The Bertz CT molecular complexity index is 1230. The highest BCUT2D eigenvalue weighted by Crippen LogP contribution is 2.25. The Balaban J connectivity index is 1.39. The number of carbonyl (C=O) groups is 1. The fourth-order valence-corrected chi connectivity index (χ4v) is 3.57. The number of hydrogen-bond acceptors (Lipinski definition) is 4. The number of pyridine rings is 1. The molecule has 0 aliphatic heterocycles. The summed E-state index contributed by atoms with van der Waals surface area (Å²) in [5.74, 6) is 0.666. The summed E-state index contributed by atoms with van der Waals surface area (Å²) in [5.41, 5.74) is 4.82. The molecule has 0 saturated heterocycles. The van der Waals surface area contributed by atoms with E-state index in [4.69, 9.17) is 4.98 Å². The molecule has 1 aliphatic carbocycles. The molecule has 0 bridgehead atoms. The molecule has 2 aromatic heterocycles. The van der Waals surface area contributed by atoms with Crippen LogP contribution in [0.1, 0.15) is 28.8 Å². The predicted molar refractivity (Wildman–Crippen MR) is 118 cm³/mol. The van der Waals surface area contributed by atoms with Gasteiger partial charge in [0.25, 0.3) is 5.91 Å². The molecule has 1 saturated carbocycles. The molecular weight excluding hydrogens is 374 g/mol. The van der Waals surface area contributed by atoms with Crippen molar-refractivity contribution in [1.29, 1.82) is 0 Å². The monoisotopic (exact) mass is 397 g/mol. The molecule has 1 aliphatic rings. The van der Waals surface area contributed by atoms with Gasteiger partial charge in [0.15, 0.2) is 0 Å². The molecule has 0 radical (unpaired) electrons. The van der Waals surface area contributed by atoms with Crippen LogP contribution in [-0.2, 0) is 13.6 Å². The molecule has 0 atom stereocenters. The van der Waals surface area contributed by atoms with Gasteiger partial charge in [-0.1, -0.05) is 36.4 Å². The lowest BCUT2D eigenvalue weighted by Crippen LogP contribution is -2.25. The minimum Gasteiger partial charge on any atom is -0.366 e. The summed E-state index contributed by atoms with van der Waals surface area (Å²) in [7, 11) is 1.91. The number of aromatic nitrogens is 3. The number of benzene rings is 2. The second kappa shape index (κ2) is 7.63. The van der Waals surface area contributed by atoms with E-state index >= 15 is 0 Å². The summed E-state index contributed by atoms with van der Waals surface area (Å²) in [6.45, 7) is 0.614. The number of nitrogens with zero attached hydrogens (tertiary/aromatic N) is 3. The SMILES string of the molecule is Cn1cc(-c2cccc(CNc3cc(C(=O)NC4CC4)c4ccccc4n3)c2)cn1. The summed E-state index contributed by atoms with van der Waals surface area (Å²) in [6, 6.07) is 18.3. The number of fused-ring (bicyclic) bond motifs is 1. The van der Waals surface area contributed by atoms with Crippen molar-refractivity contribution in [2.45, 2.75) is 25.4 Å². The fraction of sp³-hybridized carbons (Fsp3) is 0.208. The zero-order chi connectivity index (χ0) is 20.5. The average molecular weight is 397 g/mol. The van der Waals surface area contributed by atoms with Gasteiger partial charge in [-0.2, -0.15) is 5.10 Å². The maximum Gasteiger partial charge on any atom is 0.252 e. The van der Waals surface area contributed by atoms with Gasteiger partial charge in [-0.05, 0) is 42.2 Å². The topological polar surface area (TPSA) is 71.8 Å². The lowest BCUT2D eigenvalue weighted by molar-refractivity contribution is 0.0952. The first-order chi connectivity index (χ1) is 14.7. The van der Waals surface area contributed by atoms with Gasteiger partial charge < -0.3 is 10.6 Å². The van der Waals surface area contributed by atoms with Gasteiger partial charge in [-0.25, -0.2) is 4.98 Å². The van der Waals surface area contributed by atoms with E-state index in [1.165, 1.54) is 0 Å². The van der Waals surface area contributed by atoms with Crippen LogP contribution in [0.25, 0.3) is 22.0 Å². The van der Waals surface area contributed by atoms with Crippen molar-refractivity contribution in [3.8, 4) is 11.1 Å². The van der Waals surface area contributed by atoms with E-state index in [0.29, 0.717) is 24.0 Å². The van der Waals surface area contributed by atoms with Crippen molar-refractivity contribution in [2.75, 3.05) is 5.32 Å². The predicted octanol–water partition coefficient (Wildman–Crippen LogP) is 4.14. The van der Waals surface area contributed by atoms with Crippen LogP contribution in [0, 0.1) is 0 Å². The Morgan fingerprint density at radius 3 is 2.77 bits per heavy atom. The molecule has 0 spiro atoms. The summed E-state index contributed by atoms with van der Waals surface area (Å²) in [4.78, 5) is 17.5. The third-order valence-electron chi connectivity index (χ3n) is 5.31. The van der Waals surface area contributed by atoms with E-state index in [0.717, 1.165) is 40.4 Å². The Hall–Kier alpha value is -3.67. The number of nitrogens with one attached hydrogen (secondary N) is 2. The number of amides is 1. The molecule has 0 unspecified atom stereocenters. The van der Waals surface area contributed by atoms with Crippen molar-refractivity contribution >= 4 is 22.6 Å². The van der Waals surface area contributed by atoms with E-state index in [-0.39, 0.29) is 5.91 Å². The minimum absolute atomic E-state index is 0.0299. The quantitative estimate of drug-likeness (QED) is 0.513. The Labute approximate surface area is 174 Å². The van der Waals surface area contributed by atoms with Crippen molar-refractivity contribution in [3.63, 3.8) is 0 Å². The summed E-state index contributed by atoms with van der Waals surface area (Å²) in [6.07, 6.45) is 5.99. The van der Waals surface area contributed by atoms with Gasteiger partial charge in [0, 0.05) is 36.8 Å². The Morgan fingerprint density at radius 1 is 1.10 bits per heavy atom. The van der Waals surface area contributed by atoms with E-state index in [1.54, 1.807) is 4.68 Å². The number of para-hydroxylation sites is 1. The molecule has 2 heterocycles. The first kappa shape index (κ1) is 18.4. The van der Waals surface area contributed by atoms with Gasteiger partial charge in [0.2, 0.25) is 0 Å².